The molecule has 4 nitrogen and oxygen atoms in total. The van der Waals surface area contributed by atoms with Crippen LogP contribution in [0, 0.1) is 5.82 Å². The lowest BCUT2D eigenvalue weighted by molar-refractivity contribution is 0.539. The van der Waals surface area contributed by atoms with E-state index in [0.29, 0.717) is 16.4 Å². The molecule has 0 saturated carbocycles. The summed E-state index contributed by atoms with van der Waals surface area (Å²) in [6.45, 7) is 0.211. The molecule has 0 aliphatic rings. The van der Waals surface area contributed by atoms with Gasteiger partial charge in [0.15, 0.2) is 0 Å². The molecule has 20 heavy (non-hydrogen) atoms. The van der Waals surface area contributed by atoms with Crippen molar-refractivity contribution in [3.8, 4) is 11.4 Å². The average Bonchev–Trinajstić information content (AvgIpc) is 2.92. The Hall–Kier alpha value is -2.27. The smallest absolute Gasteiger partial charge is 0.204 e. The predicted molar refractivity (Wildman–Crippen MR) is 73.8 cm³/mol. The predicted octanol–water partition coefficient (Wildman–Crippen LogP) is 3.18. The van der Waals surface area contributed by atoms with E-state index >= 15 is 0 Å². The van der Waals surface area contributed by atoms with E-state index in [4.69, 9.17) is 11.6 Å². The molecule has 1 aromatic heterocycles. The van der Waals surface area contributed by atoms with Crippen LogP contribution in [-0.4, -0.2) is 20.2 Å². The van der Waals surface area contributed by atoms with E-state index in [1.54, 1.807) is 12.1 Å². The molecule has 0 N–H and O–H groups in total. The maximum Gasteiger partial charge on any atom is 0.204 e. The Labute approximate surface area is 119 Å². The fraction of sp³-hybridized carbons (Fsp3) is 0.0714. The molecular formula is C14H10ClFN4. The van der Waals surface area contributed by atoms with E-state index < -0.39 is 0 Å². The maximum absolute atomic E-state index is 13.7. The molecule has 0 spiro atoms. The summed E-state index contributed by atoms with van der Waals surface area (Å²) in [6.07, 6.45) is 0. The van der Waals surface area contributed by atoms with Gasteiger partial charge in [0.25, 0.3) is 0 Å². The van der Waals surface area contributed by atoms with E-state index in [-0.39, 0.29) is 12.4 Å². The summed E-state index contributed by atoms with van der Waals surface area (Å²) in [5.41, 5.74) is 1.33. The molecule has 0 aliphatic carbocycles. The number of rotatable bonds is 3. The van der Waals surface area contributed by atoms with Gasteiger partial charge in [0.05, 0.1) is 6.54 Å². The lowest BCUT2D eigenvalue weighted by Gasteiger charge is -2.01. The zero-order chi connectivity index (χ0) is 13.9. The number of hydrogen-bond acceptors (Lipinski definition) is 3. The van der Waals surface area contributed by atoms with Crippen LogP contribution in [0.15, 0.2) is 48.5 Å². The van der Waals surface area contributed by atoms with Crippen LogP contribution in [0.3, 0.4) is 0 Å². The van der Waals surface area contributed by atoms with Gasteiger partial charge in [-0.05, 0) is 17.3 Å². The minimum Gasteiger partial charge on any atom is -0.207 e. The minimum atomic E-state index is -0.379. The Bertz CT molecular complexity index is 727. The molecule has 1 heterocycles. The third-order valence-corrected chi connectivity index (χ3v) is 3.05. The number of benzene rings is 2. The lowest BCUT2D eigenvalue weighted by atomic mass is 10.2. The van der Waals surface area contributed by atoms with Crippen molar-refractivity contribution >= 4 is 11.6 Å². The summed E-state index contributed by atoms with van der Waals surface area (Å²) >= 11 is 5.71. The van der Waals surface area contributed by atoms with E-state index in [9.17, 15) is 4.39 Å². The molecule has 100 valence electrons. The number of halogens is 2. The van der Waals surface area contributed by atoms with Crippen LogP contribution >= 0.6 is 11.6 Å². The molecule has 0 aliphatic heterocycles. The molecule has 2 aromatic carbocycles. The van der Waals surface area contributed by atoms with Crippen molar-refractivity contribution in [1.29, 1.82) is 0 Å². The zero-order valence-corrected chi connectivity index (χ0v) is 11.1. The van der Waals surface area contributed by atoms with Crippen molar-refractivity contribution in [3.63, 3.8) is 0 Å². The molecule has 0 fully saturated rings. The summed E-state index contributed by atoms with van der Waals surface area (Å²) in [7, 11) is 0. The second-order valence-electron chi connectivity index (χ2n) is 4.25. The highest BCUT2D eigenvalue weighted by molar-refractivity contribution is 6.30. The minimum absolute atomic E-state index is 0.211. The van der Waals surface area contributed by atoms with Gasteiger partial charge in [0.1, 0.15) is 5.82 Å². The first-order valence-electron chi connectivity index (χ1n) is 5.99. The Morgan fingerprint density at radius 2 is 1.90 bits per heavy atom. The van der Waals surface area contributed by atoms with Gasteiger partial charge in [-0.3, -0.25) is 0 Å². The normalized spacial score (nSPS) is 10.7. The molecule has 0 atom stereocenters. The number of nitrogens with zero attached hydrogens (tertiary/aromatic N) is 4. The zero-order valence-electron chi connectivity index (χ0n) is 10.4. The Balaban J connectivity index is 1.84. The molecule has 0 saturated heterocycles. The van der Waals surface area contributed by atoms with Crippen LogP contribution < -0.4 is 0 Å². The summed E-state index contributed by atoms with van der Waals surface area (Å²) in [4.78, 5) is 1.36. The lowest BCUT2D eigenvalue weighted by Crippen LogP contribution is -2.05. The SMILES string of the molecule is Fc1cc(Cl)ccc1Cn1nnc(-c2ccccc2)n1. The summed E-state index contributed by atoms with van der Waals surface area (Å²) in [5.74, 6) is 0.135. The Morgan fingerprint density at radius 1 is 1.10 bits per heavy atom. The van der Waals surface area contributed by atoms with Gasteiger partial charge in [0.2, 0.25) is 5.82 Å². The third-order valence-electron chi connectivity index (χ3n) is 2.81. The summed E-state index contributed by atoms with van der Waals surface area (Å²) in [6, 6.07) is 14.0. The fourth-order valence-electron chi connectivity index (χ4n) is 1.82. The van der Waals surface area contributed by atoms with Gasteiger partial charge in [-0.25, -0.2) is 4.39 Å². The first kappa shape index (κ1) is 12.7. The van der Waals surface area contributed by atoms with Gasteiger partial charge < -0.3 is 0 Å². The summed E-state index contributed by atoms with van der Waals surface area (Å²) < 4.78 is 13.7. The summed E-state index contributed by atoms with van der Waals surface area (Å²) in [5, 5.41) is 12.5. The monoisotopic (exact) mass is 288 g/mol. The van der Waals surface area contributed by atoms with Crippen LogP contribution in [0.5, 0.6) is 0 Å². The van der Waals surface area contributed by atoms with E-state index in [1.165, 1.54) is 10.9 Å². The van der Waals surface area contributed by atoms with Crippen molar-refractivity contribution in [2.24, 2.45) is 0 Å². The molecule has 0 unspecified atom stereocenters. The van der Waals surface area contributed by atoms with Crippen LogP contribution in [0.25, 0.3) is 11.4 Å². The highest BCUT2D eigenvalue weighted by Gasteiger charge is 2.08. The van der Waals surface area contributed by atoms with Crippen LogP contribution in [0.2, 0.25) is 5.02 Å². The van der Waals surface area contributed by atoms with Crippen LogP contribution in [0.4, 0.5) is 4.39 Å². The van der Waals surface area contributed by atoms with Gasteiger partial charge in [-0.1, -0.05) is 48.0 Å². The molecule has 6 heteroatoms. The molecule has 0 amide bonds. The van der Waals surface area contributed by atoms with Crippen LogP contribution in [0.1, 0.15) is 5.56 Å². The van der Waals surface area contributed by atoms with E-state index in [1.807, 2.05) is 30.3 Å². The van der Waals surface area contributed by atoms with E-state index in [2.05, 4.69) is 15.4 Å². The largest absolute Gasteiger partial charge is 0.207 e. The molecular weight excluding hydrogens is 279 g/mol. The van der Waals surface area contributed by atoms with Crippen LogP contribution in [-0.2, 0) is 6.54 Å². The number of aromatic nitrogens is 4. The van der Waals surface area contributed by atoms with Crippen molar-refractivity contribution in [1.82, 2.24) is 20.2 Å². The van der Waals surface area contributed by atoms with Crippen molar-refractivity contribution < 1.29 is 4.39 Å². The maximum atomic E-state index is 13.7. The molecule has 0 radical (unpaired) electrons. The van der Waals surface area contributed by atoms with Gasteiger partial charge in [-0.2, -0.15) is 4.80 Å². The number of hydrogen-bond donors (Lipinski definition) is 0. The fourth-order valence-corrected chi connectivity index (χ4v) is 1.97. The van der Waals surface area contributed by atoms with E-state index in [0.717, 1.165) is 5.56 Å². The number of tetrazole rings is 1. The molecule has 0 bridgehead atoms. The second-order valence-corrected chi connectivity index (χ2v) is 4.68. The highest BCUT2D eigenvalue weighted by Crippen LogP contribution is 2.16. The van der Waals surface area contributed by atoms with Crippen molar-refractivity contribution in [2.45, 2.75) is 6.54 Å². The van der Waals surface area contributed by atoms with Crippen molar-refractivity contribution in [3.05, 3.63) is 64.9 Å². The molecule has 3 aromatic rings. The first-order valence-corrected chi connectivity index (χ1v) is 6.37. The Kier molecular flexibility index (Phi) is 3.43. The average molecular weight is 289 g/mol. The topological polar surface area (TPSA) is 43.6 Å². The third kappa shape index (κ3) is 2.67. The van der Waals surface area contributed by atoms with Crippen molar-refractivity contribution in [2.75, 3.05) is 0 Å². The first-order chi connectivity index (χ1) is 9.72. The second kappa shape index (κ2) is 5.38. The quantitative estimate of drug-likeness (QED) is 0.743. The Morgan fingerprint density at radius 3 is 2.65 bits per heavy atom. The molecule has 3 rings (SSSR count). The van der Waals surface area contributed by atoms with Gasteiger partial charge >= 0.3 is 0 Å². The van der Waals surface area contributed by atoms with Gasteiger partial charge in [-0.15, -0.1) is 10.2 Å². The standard InChI is InChI=1S/C14H10ClFN4/c15-12-7-6-11(13(16)8-12)9-20-18-14(17-19-20)10-4-2-1-3-5-10/h1-8H,9H2. The highest BCUT2D eigenvalue weighted by atomic mass is 35.5. The van der Waals surface area contributed by atoms with Gasteiger partial charge in [0, 0.05) is 16.1 Å².